The molecule has 0 spiro atoms. The fourth-order valence-corrected chi connectivity index (χ4v) is 1.17. The van der Waals surface area contributed by atoms with Crippen LogP contribution in [0.2, 0.25) is 0 Å². The molecule has 4 atom stereocenters. The zero-order valence-electron chi connectivity index (χ0n) is 10.9. The van der Waals surface area contributed by atoms with E-state index in [-0.39, 0.29) is 12.0 Å². The summed E-state index contributed by atoms with van der Waals surface area (Å²) in [4.78, 5) is 19.5. The average molecular weight is 303 g/mol. The van der Waals surface area contributed by atoms with Gasteiger partial charge in [0.05, 0.1) is 11.5 Å². The first-order valence-corrected chi connectivity index (χ1v) is 5.83. The van der Waals surface area contributed by atoms with Gasteiger partial charge in [0.25, 0.3) is 5.69 Å². The lowest BCUT2D eigenvalue weighted by Gasteiger charge is -2.22. The number of nitrogens with zero attached hydrogens (tertiary/aromatic N) is 1. The van der Waals surface area contributed by atoms with Gasteiger partial charge in [0.15, 0.2) is 6.29 Å². The van der Waals surface area contributed by atoms with E-state index >= 15 is 0 Å². The highest BCUT2D eigenvalue weighted by atomic mass is 16.6. The summed E-state index contributed by atoms with van der Waals surface area (Å²) >= 11 is 0. The van der Waals surface area contributed by atoms with Crippen molar-refractivity contribution in [2.24, 2.45) is 0 Å². The Labute approximate surface area is 119 Å². The molecule has 5 N–H and O–H groups in total. The fourth-order valence-electron chi connectivity index (χ4n) is 1.17. The number of carbonyl (C=O) groups excluding carboxylic acids is 1. The third-order valence-corrected chi connectivity index (χ3v) is 2.39. The minimum atomic E-state index is -1.79. The Morgan fingerprint density at radius 1 is 1.10 bits per heavy atom. The number of aliphatic hydroxyl groups is 5. The quantitative estimate of drug-likeness (QED) is 0.234. The van der Waals surface area contributed by atoms with Gasteiger partial charge in [0.2, 0.25) is 0 Å². The molecule has 9 heteroatoms. The molecular weight excluding hydrogens is 286 g/mol. The molecule has 118 valence electrons. The molecule has 1 aromatic rings. The van der Waals surface area contributed by atoms with Gasteiger partial charge < -0.3 is 30.3 Å². The average Bonchev–Trinajstić information content (AvgIpc) is 2.53. The zero-order valence-corrected chi connectivity index (χ0v) is 10.9. The number of benzene rings is 1. The number of rotatable bonds is 6. The van der Waals surface area contributed by atoms with Gasteiger partial charge in [-0.05, 0) is 0 Å². The van der Waals surface area contributed by atoms with Gasteiger partial charge in [-0.25, -0.2) is 0 Å². The van der Waals surface area contributed by atoms with Gasteiger partial charge in [-0.3, -0.25) is 10.1 Å². The number of para-hydroxylation sites is 1. The van der Waals surface area contributed by atoms with Crippen LogP contribution < -0.4 is 0 Å². The Hall–Kier alpha value is -1.91. The highest BCUT2D eigenvalue weighted by molar-refractivity contribution is 5.56. The molecule has 0 radical (unpaired) electrons. The lowest BCUT2D eigenvalue weighted by atomic mass is 10.0. The van der Waals surface area contributed by atoms with Gasteiger partial charge >= 0.3 is 0 Å². The molecule has 1 rings (SSSR count). The first kappa shape index (κ1) is 19.1. The van der Waals surface area contributed by atoms with Gasteiger partial charge in [-0.2, -0.15) is 0 Å². The number of hydrogen-bond acceptors (Lipinski definition) is 8. The van der Waals surface area contributed by atoms with Crippen LogP contribution in [0.3, 0.4) is 0 Å². The van der Waals surface area contributed by atoms with Gasteiger partial charge in [0.1, 0.15) is 24.4 Å². The summed E-state index contributed by atoms with van der Waals surface area (Å²) in [7, 11) is 0. The summed E-state index contributed by atoms with van der Waals surface area (Å²) in [6.07, 6.45) is -6.84. The molecule has 0 fully saturated rings. The molecule has 0 aromatic heterocycles. The molecule has 9 nitrogen and oxygen atoms in total. The predicted molar refractivity (Wildman–Crippen MR) is 70.3 cm³/mol. The molecule has 0 aliphatic carbocycles. The highest BCUT2D eigenvalue weighted by Crippen LogP contribution is 2.06. The van der Waals surface area contributed by atoms with E-state index in [1.54, 1.807) is 18.2 Å². The molecule has 0 saturated carbocycles. The summed E-state index contributed by atoms with van der Waals surface area (Å²) in [6, 6.07) is 7.93. The van der Waals surface area contributed by atoms with Crippen LogP contribution in [0, 0.1) is 10.1 Å². The summed E-state index contributed by atoms with van der Waals surface area (Å²) in [6.45, 7) is -0.760. The Kier molecular flexibility index (Phi) is 9.01. The van der Waals surface area contributed by atoms with Crippen molar-refractivity contribution < 1.29 is 35.3 Å². The first-order chi connectivity index (χ1) is 9.84. The SMILES string of the molecule is O=CC(O)C(O)C(O)C(O)CO.O=[N+]([O-])c1ccccc1. The van der Waals surface area contributed by atoms with E-state index in [0.717, 1.165) is 0 Å². The minimum Gasteiger partial charge on any atom is -0.394 e. The molecule has 0 heterocycles. The van der Waals surface area contributed by atoms with Crippen molar-refractivity contribution in [1.82, 2.24) is 0 Å². The minimum absolute atomic E-state index is 0.0258. The van der Waals surface area contributed by atoms with E-state index in [1.807, 2.05) is 0 Å². The van der Waals surface area contributed by atoms with Gasteiger partial charge in [-0.15, -0.1) is 0 Å². The second-order valence-corrected chi connectivity index (χ2v) is 3.95. The van der Waals surface area contributed by atoms with Crippen LogP contribution in [-0.2, 0) is 4.79 Å². The lowest BCUT2D eigenvalue weighted by Crippen LogP contribution is -2.46. The Bertz CT molecular complexity index is 427. The maximum absolute atomic E-state index is 10.0. The van der Waals surface area contributed by atoms with Crippen molar-refractivity contribution in [3.63, 3.8) is 0 Å². The third kappa shape index (κ3) is 6.88. The molecule has 0 bridgehead atoms. The van der Waals surface area contributed by atoms with Crippen molar-refractivity contribution in [2.45, 2.75) is 24.4 Å². The van der Waals surface area contributed by atoms with Crippen molar-refractivity contribution in [3.05, 3.63) is 40.4 Å². The molecule has 0 aliphatic rings. The molecule has 1 aromatic carbocycles. The second kappa shape index (κ2) is 9.91. The van der Waals surface area contributed by atoms with Crippen molar-refractivity contribution >= 4 is 12.0 Å². The Morgan fingerprint density at radius 2 is 1.62 bits per heavy atom. The van der Waals surface area contributed by atoms with Crippen LogP contribution >= 0.6 is 0 Å². The molecule has 0 aliphatic heterocycles. The molecule has 0 saturated heterocycles. The summed E-state index contributed by atoms with van der Waals surface area (Å²) < 4.78 is 0. The van der Waals surface area contributed by atoms with Crippen molar-refractivity contribution in [2.75, 3.05) is 6.61 Å². The molecule has 21 heavy (non-hydrogen) atoms. The van der Waals surface area contributed by atoms with Crippen molar-refractivity contribution in [3.8, 4) is 0 Å². The standard InChI is InChI=1S/C6H5NO2.C6H12O6/c8-7(9)6-4-2-1-3-5-6;7-1-3(9)5(11)6(12)4(10)2-8/h1-5H;1,3-6,8-12H,2H2. The van der Waals surface area contributed by atoms with E-state index in [0.29, 0.717) is 0 Å². The monoisotopic (exact) mass is 303 g/mol. The number of nitro groups is 1. The first-order valence-electron chi connectivity index (χ1n) is 5.83. The predicted octanol–water partition coefficient (Wildman–Crippen LogP) is -1.78. The Balaban J connectivity index is 0.000000394. The summed E-state index contributed by atoms with van der Waals surface area (Å²) in [5.41, 5.74) is 0.137. The maximum atomic E-state index is 10.0. The van der Waals surface area contributed by atoms with Crippen LogP contribution in [0.1, 0.15) is 0 Å². The number of aliphatic hydroxyl groups excluding tert-OH is 5. The topological polar surface area (TPSA) is 161 Å². The van der Waals surface area contributed by atoms with Gasteiger partial charge in [0, 0.05) is 12.1 Å². The van der Waals surface area contributed by atoms with Crippen LogP contribution in [0.4, 0.5) is 5.69 Å². The molecular formula is C12H17NO8. The second-order valence-electron chi connectivity index (χ2n) is 3.95. The number of non-ortho nitro benzene ring substituents is 1. The molecule has 0 amide bonds. The highest BCUT2D eigenvalue weighted by Gasteiger charge is 2.29. The summed E-state index contributed by atoms with van der Waals surface area (Å²) in [5, 5.41) is 53.5. The zero-order chi connectivity index (χ0) is 16.4. The van der Waals surface area contributed by atoms with E-state index in [4.69, 9.17) is 25.5 Å². The molecule has 4 unspecified atom stereocenters. The Morgan fingerprint density at radius 3 is 1.95 bits per heavy atom. The van der Waals surface area contributed by atoms with Gasteiger partial charge in [-0.1, -0.05) is 18.2 Å². The third-order valence-electron chi connectivity index (χ3n) is 2.39. The van der Waals surface area contributed by atoms with Crippen LogP contribution in [0.25, 0.3) is 0 Å². The summed E-state index contributed by atoms with van der Waals surface area (Å²) in [5.74, 6) is 0. The van der Waals surface area contributed by atoms with E-state index in [1.165, 1.54) is 12.1 Å². The number of aldehydes is 1. The number of hydrogen-bond donors (Lipinski definition) is 5. The lowest BCUT2D eigenvalue weighted by molar-refractivity contribution is -0.384. The maximum Gasteiger partial charge on any atom is 0.269 e. The fraction of sp³-hybridized carbons (Fsp3) is 0.417. The van der Waals surface area contributed by atoms with E-state index < -0.39 is 35.9 Å². The number of carbonyl (C=O) groups is 1. The van der Waals surface area contributed by atoms with Crippen LogP contribution in [-0.4, -0.2) is 67.8 Å². The largest absolute Gasteiger partial charge is 0.394 e. The van der Waals surface area contributed by atoms with Crippen LogP contribution in [0.15, 0.2) is 30.3 Å². The van der Waals surface area contributed by atoms with E-state index in [9.17, 15) is 14.9 Å². The number of nitro benzene ring substituents is 1. The van der Waals surface area contributed by atoms with E-state index in [2.05, 4.69) is 0 Å². The normalized spacial score (nSPS) is 15.9. The van der Waals surface area contributed by atoms with Crippen molar-refractivity contribution in [1.29, 1.82) is 0 Å². The smallest absolute Gasteiger partial charge is 0.269 e. The van der Waals surface area contributed by atoms with Crippen LogP contribution in [0.5, 0.6) is 0 Å².